The molecule has 0 aromatic heterocycles. The van der Waals surface area contributed by atoms with E-state index in [0.717, 1.165) is 44.9 Å². The lowest BCUT2D eigenvalue weighted by Gasteiger charge is -2.71. The van der Waals surface area contributed by atoms with E-state index >= 15 is 0 Å². The van der Waals surface area contributed by atoms with Crippen molar-refractivity contribution in [2.75, 3.05) is 6.61 Å². The average Bonchev–Trinajstić information content (AvgIpc) is 2.80. The van der Waals surface area contributed by atoms with Gasteiger partial charge in [0.1, 0.15) is 0 Å². The molecule has 0 heterocycles. The van der Waals surface area contributed by atoms with Crippen LogP contribution in [0.5, 0.6) is 0 Å². The molecule has 0 amide bonds. The second-order valence-electron chi connectivity index (χ2n) is 14.5. The molecule has 0 unspecified atom stereocenters. The van der Waals surface area contributed by atoms with Crippen molar-refractivity contribution in [1.82, 2.24) is 0 Å². The van der Waals surface area contributed by atoms with Gasteiger partial charge in [-0.05, 0) is 97.2 Å². The maximum Gasteiger partial charge on any atom is 0.310 e. The predicted octanol–water partition coefficient (Wildman–Crippen LogP) is 5.03. The van der Waals surface area contributed by atoms with Crippen LogP contribution in [0.2, 0.25) is 0 Å². The molecule has 5 aliphatic carbocycles. The molecule has 0 saturated heterocycles. The summed E-state index contributed by atoms with van der Waals surface area (Å²) in [5.74, 6) is 0.828. The van der Waals surface area contributed by atoms with Crippen molar-refractivity contribution in [2.24, 2.45) is 56.7 Å². The molecule has 198 valence electrons. The monoisotopic (exact) mass is 488 g/mol. The number of carbonyl (C=O) groups is 1. The Bertz CT molecular complexity index is 930. The van der Waals surface area contributed by atoms with Gasteiger partial charge in [0.15, 0.2) is 0 Å². The minimum absolute atomic E-state index is 0.00815. The second-order valence-corrected chi connectivity index (χ2v) is 14.5. The summed E-state index contributed by atoms with van der Waals surface area (Å²) in [5, 5.41) is 42.9. The van der Waals surface area contributed by atoms with Crippen LogP contribution in [0.15, 0.2) is 11.6 Å². The van der Waals surface area contributed by atoms with Crippen LogP contribution < -0.4 is 0 Å². The number of hydrogen-bond donors (Lipinski definition) is 4. The Morgan fingerprint density at radius 3 is 2.31 bits per heavy atom. The maximum atomic E-state index is 12.8. The van der Waals surface area contributed by atoms with Gasteiger partial charge in [0, 0.05) is 5.41 Å². The van der Waals surface area contributed by atoms with Crippen LogP contribution in [-0.4, -0.2) is 45.2 Å². The Morgan fingerprint density at radius 1 is 1.00 bits per heavy atom. The first-order chi connectivity index (χ1) is 16.2. The van der Waals surface area contributed by atoms with Crippen LogP contribution in [0.4, 0.5) is 0 Å². The largest absolute Gasteiger partial charge is 0.481 e. The van der Waals surface area contributed by atoms with Crippen molar-refractivity contribution in [1.29, 1.82) is 0 Å². The van der Waals surface area contributed by atoms with Crippen molar-refractivity contribution in [2.45, 2.75) is 105 Å². The first kappa shape index (κ1) is 25.7. The highest BCUT2D eigenvalue weighted by molar-refractivity contribution is 5.76. The summed E-state index contributed by atoms with van der Waals surface area (Å²) in [7, 11) is 0. The minimum Gasteiger partial charge on any atom is -0.481 e. The van der Waals surface area contributed by atoms with Crippen LogP contribution in [0.1, 0.15) is 92.9 Å². The lowest BCUT2D eigenvalue weighted by molar-refractivity contribution is -0.244. The minimum atomic E-state index is -0.907. The third kappa shape index (κ3) is 2.95. The maximum absolute atomic E-state index is 12.8. The summed E-state index contributed by atoms with van der Waals surface area (Å²) >= 11 is 0. The molecule has 35 heavy (non-hydrogen) atoms. The fourth-order valence-electron chi connectivity index (χ4n) is 11.0. The van der Waals surface area contributed by atoms with Gasteiger partial charge in [-0.15, -0.1) is 0 Å². The molecule has 5 nitrogen and oxygen atoms in total. The Kier molecular flexibility index (Phi) is 5.73. The SMILES string of the molecule is C[C@@H]1[C@H](C)CC[C@]2(C(=O)O)CC[C@@]3(C)C(=CC[C@@H]4[C@]5(C)C[C@H](O)[C@H](O)[C@@](C)(CO)[C@H]5CC[C@@]43C)[C@H]12. The number of hydrogen-bond acceptors (Lipinski definition) is 4. The summed E-state index contributed by atoms with van der Waals surface area (Å²) in [6, 6.07) is 0. The number of aliphatic carboxylic acids is 1. The molecule has 0 bridgehead atoms. The quantitative estimate of drug-likeness (QED) is 0.409. The number of aliphatic hydroxyl groups excluding tert-OH is 3. The van der Waals surface area contributed by atoms with Gasteiger partial charge in [0.05, 0.1) is 24.2 Å². The van der Waals surface area contributed by atoms with Crippen LogP contribution in [0, 0.1) is 56.7 Å². The van der Waals surface area contributed by atoms with Crippen LogP contribution in [0.25, 0.3) is 0 Å². The first-order valence-corrected chi connectivity index (χ1v) is 14.1. The lowest BCUT2D eigenvalue weighted by atomic mass is 9.33. The Balaban J connectivity index is 1.62. The molecule has 0 aromatic carbocycles. The Labute approximate surface area is 211 Å². The Hall–Kier alpha value is -0.910. The zero-order valence-corrected chi connectivity index (χ0v) is 22.7. The van der Waals surface area contributed by atoms with E-state index < -0.39 is 29.0 Å². The molecule has 4 N–H and O–H groups in total. The fraction of sp³-hybridized carbons (Fsp3) is 0.900. The molecule has 5 heteroatoms. The molecule has 0 spiro atoms. The van der Waals surface area contributed by atoms with Crippen molar-refractivity contribution in [3.63, 3.8) is 0 Å². The van der Waals surface area contributed by atoms with Crippen molar-refractivity contribution >= 4 is 5.97 Å². The summed E-state index contributed by atoms with van der Waals surface area (Å²) < 4.78 is 0. The van der Waals surface area contributed by atoms with Gasteiger partial charge in [0.2, 0.25) is 0 Å². The van der Waals surface area contributed by atoms with Crippen LogP contribution in [-0.2, 0) is 4.79 Å². The van der Waals surface area contributed by atoms with Gasteiger partial charge in [-0.2, -0.15) is 0 Å². The number of carboxylic acids is 1. The Morgan fingerprint density at radius 2 is 1.69 bits per heavy atom. The molecule has 0 aliphatic heterocycles. The van der Waals surface area contributed by atoms with Crippen LogP contribution in [0.3, 0.4) is 0 Å². The van der Waals surface area contributed by atoms with E-state index in [9.17, 15) is 25.2 Å². The van der Waals surface area contributed by atoms with Gasteiger partial charge in [-0.3, -0.25) is 4.79 Å². The van der Waals surface area contributed by atoms with Crippen molar-refractivity contribution < 1.29 is 25.2 Å². The van der Waals surface area contributed by atoms with E-state index in [1.807, 2.05) is 6.92 Å². The summed E-state index contributed by atoms with van der Waals surface area (Å²) in [4.78, 5) is 12.8. The highest BCUT2D eigenvalue weighted by Gasteiger charge is 2.70. The second kappa shape index (κ2) is 7.80. The lowest BCUT2D eigenvalue weighted by Crippen LogP contribution is -2.68. The normalized spacial score (nSPS) is 57.7. The zero-order valence-electron chi connectivity index (χ0n) is 22.7. The topological polar surface area (TPSA) is 98.0 Å². The average molecular weight is 489 g/mol. The number of rotatable bonds is 2. The summed E-state index contributed by atoms with van der Waals surface area (Å²) in [5.41, 5.74) is -0.214. The van der Waals surface area contributed by atoms with E-state index in [0.29, 0.717) is 24.2 Å². The van der Waals surface area contributed by atoms with Crippen molar-refractivity contribution in [3.8, 4) is 0 Å². The third-order valence-electron chi connectivity index (χ3n) is 13.5. The number of carboxylic acid groups (broad SMARTS) is 1. The van der Waals surface area contributed by atoms with Gasteiger partial charge >= 0.3 is 5.97 Å². The molecular weight excluding hydrogens is 440 g/mol. The zero-order chi connectivity index (χ0) is 25.8. The smallest absolute Gasteiger partial charge is 0.310 e. The summed E-state index contributed by atoms with van der Waals surface area (Å²) in [6.45, 7) is 13.6. The van der Waals surface area contributed by atoms with E-state index in [-0.39, 0.29) is 34.7 Å². The summed E-state index contributed by atoms with van der Waals surface area (Å²) in [6.07, 6.45) is 7.51. The predicted molar refractivity (Wildman–Crippen MR) is 135 cm³/mol. The molecule has 4 fully saturated rings. The third-order valence-corrected chi connectivity index (χ3v) is 13.5. The molecule has 12 atom stereocenters. The van der Waals surface area contributed by atoms with E-state index in [1.165, 1.54) is 5.57 Å². The molecule has 4 saturated carbocycles. The van der Waals surface area contributed by atoms with E-state index in [2.05, 4.69) is 40.7 Å². The van der Waals surface area contributed by atoms with E-state index in [4.69, 9.17) is 0 Å². The highest BCUT2D eigenvalue weighted by Crippen LogP contribution is 2.75. The molecular formula is C30H48O5. The standard InChI is InChI=1S/C30H48O5/c1-17-9-12-30(25(34)35)14-13-28(5)19(23(30)18(17)2)7-8-22-26(3)15-20(32)24(33)27(4,16-31)21(26)10-11-29(22,28)6/h7,17-18,20-24,31-33H,8-16H2,1-6H3,(H,34,35)/t17-,18-,20+,21+,22-,23+,24+,26-,27+,28+,29+,30+/m1/s1. The molecule has 5 rings (SSSR count). The van der Waals surface area contributed by atoms with Crippen molar-refractivity contribution in [3.05, 3.63) is 11.6 Å². The number of aliphatic hydroxyl groups is 3. The van der Waals surface area contributed by atoms with E-state index in [1.54, 1.807) is 0 Å². The molecule has 0 radical (unpaired) electrons. The van der Waals surface area contributed by atoms with Gasteiger partial charge in [-0.25, -0.2) is 0 Å². The van der Waals surface area contributed by atoms with Gasteiger partial charge in [0.25, 0.3) is 0 Å². The molecule has 0 aromatic rings. The fourth-order valence-corrected chi connectivity index (χ4v) is 11.0. The van der Waals surface area contributed by atoms with Gasteiger partial charge < -0.3 is 20.4 Å². The molecule has 5 aliphatic rings. The highest BCUT2D eigenvalue weighted by atomic mass is 16.4. The number of allylic oxidation sites excluding steroid dienone is 2. The number of fused-ring (bicyclic) bond motifs is 7. The van der Waals surface area contributed by atoms with Crippen LogP contribution >= 0.6 is 0 Å². The first-order valence-electron chi connectivity index (χ1n) is 14.1. The van der Waals surface area contributed by atoms with Gasteiger partial charge in [-0.1, -0.05) is 53.2 Å².